The van der Waals surface area contributed by atoms with E-state index in [-0.39, 0.29) is 0 Å². The first-order valence-corrected chi connectivity index (χ1v) is 17.5. The quantitative estimate of drug-likeness (QED) is 0.279. The van der Waals surface area contributed by atoms with Crippen LogP contribution in [0.5, 0.6) is 0 Å². The first-order valence-electron chi connectivity index (χ1n) is 14.1. The van der Waals surface area contributed by atoms with Crippen LogP contribution in [0.25, 0.3) is 0 Å². The Kier molecular flexibility index (Phi) is 7.04. The van der Waals surface area contributed by atoms with Gasteiger partial charge in [0.05, 0.1) is 0 Å². The SMILES string of the molecule is CC(C)[C@@H](C)/C=C/[C@@H](C)[C@H]1CC[C@H]2C3=CC=C4C[C@@H](O[Si](C)(C)C)CC[C@]4(C)[C@H]3CC[C@]12C. The van der Waals surface area contributed by atoms with Gasteiger partial charge in [-0.25, -0.2) is 0 Å². The van der Waals surface area contributed by atoms with Gasteiger partial charge in [-0.05, 0) is 111 Å². The van der Waals surface area contributed by atoms with Crippen LogP contribution in [0.4, 0.5) is 0 Å². The van der Waals surface area contributed by atoms with E-state index in [9.17, 15) is 0 Å². The Morgan fingerprint density at radius 2 is 1.64 bits per heavy atom. The topological polar surface area (TPSA) is 9.23 Å². The second kappa shape index (κ2) is 9.12. The van der Waals surface area contributed by atoms with Crippen LogP contribution < -0.4 is 0 Å². The highest BCUT2D eigenvalue weighted by Gasteiger charge is 2.56. The van der Waals surface area contributed by atoms with Gasteiger partial charge < -0.3 is 4.43 Å². The van der Waals surface area contributed by atoms with E-state index in [0.717, 1.165) is 23.7 Å². The molecule has 4 aliphatic rings. The maximum Gasteiger partial charge on any atom is 0.184 e. The van der Waals surface area contributed by atoms with E-state index < -0.39 is 8.32 Å². The molecule has 0 bridgehead atoms. The third-order valence-corrected chi connectivity index (χ3v) is 11.6. The van der Waals surface area contributed by atoms with E-state index >= 15 is 0 Å². The van der Waals surface area contributed by atoms with Gasteiger partial charge in [0.2, 0.25) is 0 Å². The fraction of sp³-hybridized carbons (Fsp3) is 0.806. The van der Waals surface area contributed by atoms with Crippen molar-refractivity contribution in [1.29, 1.82) is 0 Å². The summed E-state index contributed by atoms with van der Waals surface area (Å²) in [5.74, 6) is 4.50. The lowest BCUT2D eigenvalue weighted by molar-refractivity contribution is 0.0417. The van der Waals surface area contributed by atoms with Crippen LogP contribution in [0.3, 0.4) is 0 Å². The summed E-state index contributed by atoms with van der Waals surface area (Å²) in [6.45, 7) is 21.8. The first-order chi connectivity index (χ1) is 15.3. The summed E-state index contributed by atoms with van der Waals surface area (Å²) >= 11 is 0. The zero-order valence-corrected chi connectivity index (χ0v) is 24.2. The van der Waals surface area contributed by atoms with Crippen LogP contribution in [0.2, 0.25) is 19.6 Å². The molecule has 4 rings (SSSR count). The Balaban J connectivity index is 1.53. The summed E-state index contributed by atoms with van der Waals surface area (Å²) in [5, 5.41) is 0. The summed E-state index contributed by atoms with van der Waals surface area (Å²) in [5.41, 5.74) is 4.38. The monoisotopic (exact) mass is 468 g/mol. The highest BCUT2D eigenvalue weighted by Crippen LogP contribution is 2.66. The van der Waals surface area contributed by atoms with Crippen molar-refractivity contribution >= 4 is 8.32 Å². The van der Waals surface area contributed by atoms with Gasteiger partial charge in [-0.15, -0.1) is 0 Å². The van der Waals surface area contributed by atoms with Crippen LogP contribution in [0.15, 0.2) is 35.5 Å². The van der Waals surface area contributed by atoms with Crippen molar-refractivity contribution < 1.29 is 4.43 Å². The van der Waals surface area contributed by atoms with Crippen molar-refractivity contribution in [3.8, 4) is 0 Å². The second-order valence-electron chi connectivity index (χ2n) is 14.1. The van der Waals surface area contributed by atoms with E-state index in [1.165, 1.54) is 44.9 Å². The van der Waals surface area contributed by atoms with E-state index in [1.807, 2.05) is 5.57 Å². The minimum absolute atomic E-state index is 0.376. The van der Waals surface area contributed by atoms with E-state index in [1.54, 1.807) is 5.57 Å². The van der Waals surface area contributed by atoms with Crippen LogP contribution in [-0.2, 0) is 4.43 Å². The van der Waals surface area contributed by atoms with E-state index in [2.05, 4.69) is 85.5 Å². The molecular weight excluding hydrogens is 416 g/mol. The molecule has 0 aromatic carbocycles. The molecule has 0 spiro atoms. The fourth-order valence-corrected chi connectivity index (χ4v) is 9.38. The smallest absolute Gasteiger partial charge is 0.184 e. The molecule has 0 saturated heterocycles. The predicted octanol–water partition coefficient (Wildman–Crippen LogP) is 9.19. The van der Waals surface area contributed by atoms with Gasteiger partial charge in [0.15, 0.2) is 8.32 Å². The van der Waals surface area contributed by atoms with Gasteiger partial charge in [0.1, 0.15) is 0 Å². The fourth-order valence-electron chi connectivity index (χ4n) is 8.18. The molecule has 0 amide bonds. The molecule has 8 atom stereocenters. The predicted molar refractivity (Wildman–Crippen MR) is 146 cm³/mol. The number of allylic oxidation sites excluding steroid dienone is 5. The standard InChI is InChI=1S/C31H52OSi/c1-21(2)22(3)10-11-23(4)27-14-15-28-26-13-12-24-20-25(32-33(7,8)9)16-18-30(24,5)29(26)17-19-31(27,28)6/h10-13,21-23,25,27-29H,14-20H2,1-9H3/b11-10+/t22-,23+,25-,27+,28-,29-,30-,31+/m0/s1. The van der Waals surface area contributed by atoms with Gasteiger partial charge in [-0.2, -0.15) is 0 Å². The molecule has 186 valence electrons. The molecule has 0 radical (unpaired) electrons. The lowest BCUT2D eigenvalue weighted by atomic mass is 9.50. The largest absolute Gasteiger partial charge is 0.414 e. The molecule has 0 unspecified atom stereocenters. The van der Waals surface area contributed by atoms with Crippen LogP contribution in [-0.4, -0.2) is 14.4 Å². The van der Waals surface area contributed by atoms with Crippen LogP contribution in [0, 0.1) is 46.3 Å². The van der Waals surface area contributed by atoms with Gasteiger partial charge in [0.25, 0.3) is 0 Å². The third-order valence-electron chi connectivity index (χ3n) is 10.5. The summed E-state index contributed by atoms with van der Waals surface area (Å²) in [4.78, 5) is 0. The maximum atomic E-state index is 6.56. The minimum Gasteiger partial charge on any atom is -0.414 e. The number of hydrogen-bond donors (Lipinski definition) is 0. The molecule has 0 N–H and O–H groups in total. The summed E-state index contributed by atoms with van der Waals surface area (Å²) in [6.07, 6.45) is 20.0. The molecule has 4 aliphatic carbocycles. The van der Waals surface area contributed by atoms with Crippen molar-refractivity contribution in [2.24, 2.45) is 46.3 Å². The average Bonchev–Trinajstić information content (AvgIpc) is 3.08. The molecular formula is C31H52OSi. The zero-order valence-electron chi connectivity index (χ0n) is 23.2. The number of rotatable bonds is 6. The van der Waals surface area contributed by atoms with Crippen molar-refractivity contribution in [1.82, 2.24) is 0 Å². The normalized spacial score (nSPS) is 40.7. The molecule has 2 heteroatoms. The molecule has 0 aromatic heterocycles. The van der Waals surface area contributed by atoms with Gasteiger partial charge in [-0.1, -0.05) is 77.0 Å². The molecule has 33 heavy (non-hydrogen) atoms. The summed E-state index contributed by atoms with van der Waals surface area (Å²) in [7, 11) is -1.47. The molecule has 0 aromatic rings. The summed E-state index contributed by atoms with van der Waals surface area (Å²) in [6, 6.07) is 0. The van der Waals surface area contributed by atoms with Gasteiger partial charge in [-0.3, -0.25) is 0 Å². The van der Waals surface area contributed by atoms with E-state index in [4.69, 9.17) is 4.43 Å². The average molecular weight is 469 g/mol. The van der Waals surface area contributed by atoms with Gasteiger partial charge in [0, 0.05) is 6.10 Å². The highest BCUT2D eigenvalue weighted by atomic mass is 28.4. The van der Waals surface area contributed by atoms with Crippen LogP contribution in [0.1, 0.15) is 86.5 Å². The van der Waals surface area contributed by atoms with Crippen molar-refractivity contribution in [2.75, 3.05) is 0 Å². The molecule has 3 saturated carbocycles. The number of hydrogen-bond acceptors (Lipinski definition) is 1. The molecule has 0 aliphatic heterocycles. The molecule has 3 fully saturated rings. The summed E-state index contributed by atoms with van der Waals surface area (Å²) < 4.78 is 6.56. The lowest BCUT2D eigenvalue weighted by Gasteiger charge is -2.55. The van der Waals surface area contributed by atoms with Crippen molar-refractivity contribution in [3.63, 3.8) is 0 Å². The molecule has 1 nitrogen and oxygen atoms in total. The first kappa shape index (κ1) is 25.5. The minimum atomic E-state index is -1.47. The van der Waals surface area contributed by atoms with E-state index in [0.29, 0.717) is 28.8 Å². The Labute approximate surface area is 206 Å². The van der Waals surface area contributed by atoms with Crippen molar-refractivity contribution in [2.45, 2.75) is 112 Å². The van der Waals surface area contributed by atoms with Gasteiger partial charge >= 0.3 is 0 Å². The Morgan fingerprint density at radius 1 is 0.909 bits per heavy atom. The number of fused-ring (bicyclic) bond motifs is 5. The third kappa shape index (κ3) is 4.77. The van der Waals surface area contributed by atoms with Crippen LogP contribution >= 0.6 is 0 Å². The second-order valence-corrected chi connectivity index (χ2v) is 18.5. The van der Waals surface area contributed by atoms with Crippen molar-refractivity contribution in [3.05, 3.63) is 35.5 Å². The zero-order chi connectivity index (χ0) is 24.2. The maximum absolute atomic E-state index is 6.56. The Morgan fingerprint density at radius 3 is 2.30 bits per heavy atom. The highest BCUT2D eigenvalue weighted by molar-refractivity contribution is 6.69. The Hall–Kier alpha value is -0.603. The lowest BCUT2D eigenvalue weighted by Crippen LogP contribution is -2.47. The Bertz CT molecular complexity index is 813. The molecule has 0 heterocycles.